The molecule has 1 atom stereocenters. The average molecular weight is 192 g/mol. The zero-order chi connectivity index (χ0) is 9.97. The summed E-state index contributed by atoms with van der Waals surface area (Å²) in [6.45, 7) is 2.17. The molecule has 0 spiro atoms. The monoisotopic (exact) mass is 192 g/mol. The molecule has 0 saturated carbocycles. The number of ether oxygens (including phenoxy) is 1. The molecule has 14 heavy (non-hydrogen) atoms. The van der Waals surface area contributed by atoms with E-state index in [1.54, 1.807) is 7.11 Å². The predicted molar refractivity (Wildman–Crippen MR) is 57.6 cm³/mol. The number of nitrogens with one attached hydrogen (secondary N) is 1. The van der Waals surface area contributed by atoms with Crippen molar-refractivity contribution >= 4 is 5.69 Å². The standard InChI is InChI=1S/C11H16N2O/c1-14-11-3-2-8(6-10(11)12)9-4-5-13-7-9/h2-3,6,9,13H,4-5,7,12H2,1H3. The molecule has 2 rings (SSSR count). The molecule has 1 heterocycles. The van der Waals surface area contributed by atoms with Crippen LogP contribution < -0.4 is 15.8 Å². The number of nitrogen functional groups attached to an aromatic ring is 1. The van der Waals surface area contributed by atoms with Crippen LogP contribution in [0.2, 0.25) is 0 Å². The highest BCUT2D eigenvalue weighted by Gasteiger charge is 2.17. The van der Waals surface area contributed by atoms with Gasteiger partial charge in [0, 0.05) is 6.54 Å². The minimum Gasteiger partial charge on any atom is -0.495 e. The van der Waals surface area contributed by atoms with Crippen LogP contribution in [0.15, 0.2) is 18.2 Å². The molecule has 1 saturated heterocycles. The third-order valence-electron chi connectivity index (χ3n) is 2.79. The van der Waals surface area contributed by atoms with Gasteiger partial charge in [0.05, 0.1) is 12.8 Å². The van der Waals surface area contributed by atoms with Crippen LogP contribution in [0.5, 0.6) is 5.75 Å². The molecule has 0 radical (unpaired) electrons. The summed E-state index contributed by atoms with van der Waals surface area (Å²) < 4.78 is 5.12. The topological polar surface area (TPSA) is 47.3 Å². The molecule has 1 aliphatic rings. The van der Waals surface area contributed by atoms with Gasteiger partial charge < -0.3 is 15.8 Å². The van der Waals surface area contributed by atoms with Crippen LogP contribution in [0, 0.1) is 0 Å². The Morgan fingerprint density at radius 1 is 1.50 bits per heavy atom. The summed E-state index contributed by atoms with van der Waals surface area (Å²) in [6, 6.07) is 6.08. The number of anilines is 1. The van der Waals surface area contributed by atoms with Gasteiger partial charge in [-0.05, 0) is 36.6 Å². The summed E-state index contributed by atoms with van der Waals surface area (Å²) in [5.74, 6) is 1.38. The van der Waals surface area contributed by atoms with Crippen LogP contribution >= 0.6 is 0 Å². The Labute approximate surface area is 84.3 Å². The molecule has 1 unspecified atom stereocenters. The maximum absolute atomic E-state index is 5.85. The van der Waals surface area contributed by atoms with E-state index in [1.807, 2.05) is 12.1 Å². The predicted octanol–water partition coefficient (Wildman–Crippen LogP) is 1.35. The molecule has 0 aromatic heterocycles. The molecule has 0 aliphatic carbocycles. The second kappa shape index (κ2) is 3.88. The molecule has 0 bridgehead atoms. The minimum absolute atomic E-state index is 0.614. The Morgan fingerprint density at radius 2 is 2.36 bits per heavy atom. The lowest BCUT2D eigenvalue weighted by Gasteiger charge is -2.11. The van der Waals surface area contributed by atoms with E-state index in [2.05, 4.69) is 11.4 Å². The van der Waals surface area contributed by atoms with E-state index in [1.165, 1.54) is 12.0 Å². The second-order valence-corrected chi connectivity index (χ2v) is 3.69. The Kier molecular flexibility index (Phi) is 2.59. The van der Waals surface area contributed by atoms with Crippen molar-refractivity contribution in [2.75, 3.05) is 25.9 Å². The van der Waals surface area contributed by atoms with E-state index in [0.29, 0.717) is 5.92 Å². The van der Waals surface area contributed by atoms with Crippen molar-refractivity contribution in [1.82, 2.24) is 5.32 Å². The number of methoxy groups -OCH3 is 1. The number of rotatable bonds is 2. The largest absolute Gasteiger partial charge is 0.495 e. The van der Waals surface area contributed by atoms with Gasteiger partial charge in [0.1, 0.15) is 5.75 Å². The summed E-state index contributed by atoms with van der Waals surface area (Å²) in [4.78, 5) is 0. The zero-order valence-electron chi connectivity index (χ0n) is 8.42. The minimum atomic E-state index is 0.614. The van der Waals surface area contributed by atoms with Gasteiger partial charge in [-0.3, -0.25) is 0 Å². The molecule has 0 amide bonds. The third kappa shape index (κ3) is 1.68. The van der Waals surface area contributed by atoms with Crippen molar-refractivity contribution in [1.29, 1.82) is 0 Å². The zero-order valence-corrected chi connectivity index (χ0v) is 8.42. The highest BCUT2D eigenvalue weighted by atomic mass is 16.5. The first-order valence-electron chi connectivity index (χ1n) is 4.95. The molecular weight excluding hydrogens is 176 g/mol. The van der Waals surface area contributed by atoms with Crippen LogP contribution in [-0.2, 0) is 0 Å². The van der Waals surface area contributed by atoms with E-state index in [4.69, 9.17) is 10.5 Å². The lowest BCUT2D eigenvalue weighted by atomic mass is 9.98. The second-order valence-electron chi connectivity index (χ2n) is 3.69. The van der Waals surface area contributed by atoms with E-state index in [0.717, 1.165) is 24.5 Å². The number of hydrogen-bond donors (Lipinski definition) is 2. The molecule has 1 fully saturated rings. The molecular formula is C11H16N2O. The number of hydrogen-bond acceptors (Lipinski definition) is 3. The highest BCUT2D eigenvalue weighted by molar-refractivity contribution is 5.54. The van der Waals surface area contributed by atoms with E-state index < -0.39 is 0 Å². The van der Waals surface area contributed by atoms with Gasteiger partial charge in [-0.1, -0.05) is 6.07 Å². The third-order valence-corrected chi connectivity index (χ3v) is 2.79. The van der Waals surface area contributed by atoms with Crippen LogP contribution in [0.25, 0.3) is 0 Å². The van der Waals surface area contributed by atoms with E-state index >= 15 is 0 Å². The van der Waals surface area contributed by atoms with Crippen molar-refractivity contribution in [2.45, 2.75) is 12.3 Å². The SMILES string of the molecule is COc1ccc(C2CCNC2)cc1N. The van der Waals surface area contributed by atoms with Crippen molar-refractivity contribution < 1.29 is 4.74 Å². The summed E-state index contributed by atoms with van der Waals surface area (Å²) in [5.41, 5.74) is 7.90. The summed E-state index contributed by atoms with van der Waals surface area (Å²) >= 11 is 0. The van der Waals surface area contributed by atoms with Crippen molar-refractivity contribution in [3.63, 3.8) is 0 Å². The molecule has 1 aliphatic heterocycles. The van der Waals surface area contributed by atoms with Crippen LogP contribution in [-0.4, -0.2) is 20.2 Å². The van der Waals surface area contributed by atoms with Gasteiger partial charge >= 0.3 is 0 Å². The summed E-state index contributed by atoms with van der Waals surface area (Å²) in [5, 5.41) is 3.35. The fraction of sp³-hybridized carbons (Fsp3) is 0.455. The van der Waals surface area contributed by atoms with Gasteiger partial charge in [-0.15, -0.1) is 0 Å². The number of nitrogens with two attached hydrogens (primary N) is 1. The first kappa shape index (κ1) is 9.34. The highest BCUT2D eigenvalue weighted by Crippen LogP contribution is 2.28. The Morgan fingerprint density at radius 3 is 2.93 bits per heavy atom. The summed E-state index contributed by atoms with van der Waals surface area (Å²) in [7, 11) is 1.64. The first-order chi connectivity index (χ1) is 6.81. The molecule has 1 aromatic rings. The van der Waals surface area contributed by atoms with E-state index in [-0.39, 0.29) is 0 Å². The van der Waals surface area contributed by atoms with Crippen molar-refractivity contribution in [2.24, 2.45) is 0 Å². The molecule has 3 heteroatoms. The maximum atomic E-state index is 5.85. The van der Waals surface area contributed by atoms with Crippen LogP contribution in [0.4, 0.5) is 5.69 Å². The maximum Gasteiger partial charge on any atom is 0.141 e. The number of benzene rings is 1. The molecule has 3 nitrogen and oxygen atoms in total. The van der Waals surface area contributed by atoms with Crippen molar-refractivity contribution in [3.8, 4) is 5.75 Å². The Balaban J connectivity index is 2.23. The lowest BCUT2D eigenvalue weighted by Crippen LogP contribution is -2.08. The van der Waals surface area contributed by atoms with E-state index in [9.17, 15) is 0 Å². The van der Waals surface area contributed by atoms with Gasteiger partial charge in [0.15, 0.2) is 0 Å². The molecule has 3 N–H and O–H groups in total. The van der Waals surface area contributed by atoms with Gasteiger partial charge in [0.2, 0.25) is 0 Å². The quantitative estimate of drug-likeness (QED) is 0.695. The van der Waals surface area contributed by atoms with Crippen molar-refractivity contribution in [3.05, 3.63) is 23.8 Å². The lowest BCUT2D eigenvalue weighted by molar-refractivity contribution is 0.416. The fourth-order valence-electron chi connectivity index (χ4n) is 1.95. The normalized spacial score (nSPS) is 21.1. The molecule has 76 valence electrons. The van der Waals surface area contributed by atoms with Gasteiger partial charge in [-0.25, -0.2) is 0 Å². The Bertz CT molecular complexity index is 319. The van der Waals surface area contributed by atoms with Crippen LogP contribution in [0.3, 0.4) is 0 Å². The fourth-order valence-corrected chi connectivity index (χ4v) is 1.95. The average Bonchev–Trinajstić information content (AvgIpc) is 2.70. The Hall–Kier alpha value is -1.22. The van der Waals surface area contributed by atoms with Gasteiger partial charge in [-0.2, -0.15) is 0 Å². The summed E-state index contributed by atoms with van der Waals surface area (Å²) in [6.07, 6.45) is 1.20. The molecule has 1 aromatic carbocycles. The first-order valence-corrected chi connectivity index (χ1v) is 4.95. The van der Waals surface area contributed by atoms with Gasteiger partial charge in [0.25, 0.3) is 0 Å². The van der Waals surface area contributed by atoms with Crippen LogP contribution in [0.1, 0.15) is 17.9 Å². The smallest absolute Gasteiger partial charge is 0.141 e.